The van der Waals surface area contributed by atoms with Gasteiger partial charge in [0, 0.05) is 34.5 Å². The SMILES string of the molecule is O=S1CC2(CCN([C@H]3CCC[C@H](c4ccc(C(F)(F)F)nc4)C3)CC2)C1. The zero-order valence-electron chi connectivity index (χ0n) is 14.8. The van der Waals surface area contributed by atoms with Crippen LogP contribution in [-0.2, 0) is 17.0 Å². The maximum absolute atomic E-state index is 12.7. The van der Waals surface area contributed by atoms with Crippen LogP contribution in [0, 0.1) is 5.41 Å². The summed E-state index contributed by atoms with van der Waals surface area (Å²) in [5.74, 6) is 2.06. The molecule has 0 amide bonds. The van der Waals surface area contributed by atoms with Gasteiger partial charge in [0.2, 0.25) is 0 Å². The Morgan fingerprint density at radius 3 is 2.46 bits per heavy atom. The van der Waals surface area contributed by atoms with Crippen molar-refractivity contribution in [3.8, 4) is 0 Å². The number of piperidine rings is 1. The Labute approximate surface area is 154 Å². The van der Waals surface area contributed by atoms with Crippen molar-refractivity contribution in [2.45, 2.75) is 56.7 Å². The number of likely N-dealkylation sites (tertiary alicyclic amines) is 1. The molecule has 0 bridgehead atoms. The fraction of sp³-hybridized carbons (Fsp3) is 0.737. The van der Waals surface area contributed by atoms with E-state index in [2.05, 4.69) is 9.88 Å². The lowest BCUT2D eigenvalue weighted by molar-refractivity contribution is -0.141. The summed E-state index contributed by atoms with van der Waals surface area (Å²) >= 11 is 0. The topological polar surface area (TPSA) is 33.2 Å². The van der Waals surface area contributed by atoms with Gasteiger partial charge in [-0.15, -0.1) is 0 Å². The van der Waals surface area contributed by atoms with Crippen molar-refractivity contribution in [3.05, 3.63) is 29.6 Å². The van der Waals surface area contributed by atoms with E-state index in [0.717, 1.165) is 68.3 Å². The van der Waals surface area contributed by atoms with Crippen LogP contribution >= 0.6 is 0 Å². The van der Waals surface area contributed by atoms with Gasteiger partial charge in [0.05, 0.1) is 0 Å². The summed E-state index contributed by atoms with van der Waals surface area (Å²) in [6.45, 7) is 2.14. The van der Waals surface area contributed by atoms with Gasteiger partial charge in [-0.1, -0.05) is 12.5 Å². The maximum atomic E-state index is 12.7. The standard InChI is InChI=1S/C19H25F3N2OS/c20-19(21,22)17-5-4-15(11-23-17)14-2-1-3-16(10-14)24-8-6-18(7-9-24)12-26(25)13-18/h4-5,11,14,16H,1-3,6-10,12-13H2/t14-,16-/m0/s1. The van der Waals surface area contributed by atoms with Crippen molar-refractivity contribution in [3.63, 3.8) is 0 Å². The molecule has 1 saturated carbocycles. The van der Waals surface area contributed by atoms with Crippen LogP contribution in [0.25, 0.3) is 0 Å². The van der Waals surface area contributed by atoms with Crippen LogP contribution in [0.5, 0.6) is 0 Å². The third-order valence-corrected chi connectivity index (χ3v) is 8.37. The molecule has 0 unspecified atom stereocenters. The molecule has 4 rings (SSSR count). The second-order valence-electron chi connectivity index (χ2n) is 8.26. The minimum absolute atomic E-state index is 0.302. The summed E-state index contributed by atoms with van der Waals surface area (Å²) in [6, 6.07) is 3.23. The summed E-state index contributed by atoms with van der Waals surface area (Å²) in [6.07, 6.45) is 3.65. The lowest BCUT2D eigenvalue weighted by Gasteiger charge is -2.49. The molecule has 3 heterocycles. The first kappa shape index (κ1) is 18.4. The molecule has 7 heteroatoms. The lowest BCUT2D eigenvalue weighted by atomic mass is 9.77. The van der Waals surface area contributed by atoms with E-state index in [9.17, 15) is 17.4 Å². The molecular weight excluding hydrogens is 361 g/mol. The Kier molecular flexibility index (Phi) is 4.88. The van der Waals surface area contributed by atoms with E-state index in [1.807, 2.05) is 0 Å². The zero-order chi connectivity index (χ0) is 18.4. The molecule has 1 spiro atoms. The Balaban J connectivity index is 1.36. The summed E-state index contributed by atoms with van der Waals surface area (Å²) in [5, 5.41) is 0. The van der Waals surface area contributed by atoms with Gasteiger partial charge in [0.1, 0.15) is 5.69 Å². The van der Waals surface area contributed by atoms with Crippen molar-refractivity contribution in [2.24, 2.45) is 5.41 Å². The number of nitrogens with zero attached hydrogens (tertiary/aromatic N) is 2. The minimum Gasteiger partial charge on any atom is -0.300 e. The van der Waals surface area contributed by atoms with Crippen LogP contribution < -0.4 is 0 Å². The monoisotopic (exact) mass is 386 g/mol. The van der Waals surface area contributed by atoms with E-state index in [0.29, 0.717) is 17.4 Å². The Morgan fingerprint density at radius 2 is 1.88 bits per heavy atom. The lowest BCUT2D eigenvalue weighted by Crippen LogP contribution is -2.54. The molecule has 2 saturated heterocycles. The van der Waals surface area contributed by atoms with Gasteiger partial charge in [0.15, 0.2) is 0 Å². The fourth-order valence-corrected chi connectivity index (χ4v) is 6.76. The predicted molar refractivity (Wildman–Crippen MR) is 95.4 cm³/mol. The van der Waals surface area contributed by atoms with Crippen LogP contribution in [0.15, 0.2) is 18.3 Å². The van der Waals surface area contributed by atoms with Gasteiger partial charge in [-0.3, -0.25) is 9.19 Å². The van der Waals surface area contributed by atoms with Gasteiger partial charge in [0.25, 0.3) is 0 Å². The highest BCUT2D eigenvalue weighted by Crippen LogP contribution is 2.43. The van der Waals surface area contributed by atoms with Crippen LogP contribution in [0.4, 0.5) is 13.2 Å². The first-order valence-electron chi connectivity index (χ1n) is 9.47. The number of pyridine rings is 1. The molecule has 1 aliphatic carbocycles. The Morgan fingerprint density at radius 1 is 1.15 bits per heavy atom. The van der Waals surface area contributed by atoms with Crippen molar-refractivity contribution < 1.29 is 17.4 Å². The van der Waals surface area contributed by atoms with Gasteiger partial charge in [-0.25, -0.2) is 0 Å². The van der Waals surface area contributed by atoms with Crippen LogP contribution in [-0.4, -0.2) is 44.7 Å². The molecule has 3 fully saturated rings. The van der Waals surface area contributed by atoms with Gasteiger partial charge < -0.3 is 4.90 Å². The molecule has 0 radical (unpaired) electrons. The average molecular weight is 386 g/mol. The molecule has 1 aromatic rings. The summed E-state index contributed by atoms with van der Waals surface area (Å²) in [4.78, 5) is 6.21. The molecule has 3 aliphatic rings. The molecule has 0 N–H and O–H groups in total. The highest BCUT2D eigenvalue weighted by molar-refractivity contribution is 7.86. The predicted octanol–water partition coefficient (Wildman–Crippen LogP) is 3.97. The largest absolute Gasteiger partial charge is 0.433 e. The second kappa shape index (κ2) is 6.89. The number of rotatable bonds is 2. The Bertz CT molecular complexity index is 658. The van der Waals surface area contributed by atoms with Crippen LogP contribution in [0.2, 0.25) is 0 Å². The molecule has 0 aromatic carbocycles. The minimum atomic E-state index is -4.37. The fourth-order valence-electron chi connectivity index (χ4n) is 4.91. The van der Waals surface area contributed by atoms with Crippen molar-refractivity contribution in [1.82, 2.24) is 9.88 Å². The zero-order valence-corrected chi connectivity index (χ0v) is 15.6. The number of aromatic nitrogens is 1. The van der Waals surface area contributed by atoms with Crippen LogP contribution in [0.1, 0.15) is 55.7 Å². The van der Waals surface area contributed by atoms with Crippen molar-refractivity contribution in [2.75, 3.05) is 24.6 Å². The van der Waals surface area contributed by atoms with Crippen molar-refractivity contribution >= 4 is 10.8 Å². The highest BCUT2D eigenvalue weighted by Gasteiger charge is 2.45. The second-order valence-corrected chi connectivity index (χ2v) is 9.71. The number of hydrogen-bond donors (Lipinski definition) is 0. The van der Waals surface area contributed by atoms with E-state index in [1.54, 1.807) is 6.07 Å². The Hall–Kier alpha value is -0.950. The molecule has 144 valence electrons. The summed E-state index contributed by atoms with van der Waals surface area (Å²) in [7, 11) is -0.589. The molecule has 2 atom stereocenters. The number of alkyl halides is 3. The first-order valence-corrected chi connectivity index (χ1v) is 11.0. The van der Waals surface area contributed by atoms with Gasteiger partial charge in [-0.05, 0) is 68.2 Å². The van der Waals surface area contributed by atoms with Crippen LogP contribution in [0.3, 0.4) is 0 Å². The molecule has 1 aromatic heterocycles. The third-order valence-electron chi connectivity index (χ3n) is 6.50. The molecule has 3 nitrogen and oxygen atoms in total. The van der Waals surface area contributed by atoms with Gasteiger partial charge >= 0.3 is 6.18 Å². The number of halogens is 3. The normalized spacial score (nSPS) is 30.3. The third kappa shape index (κ3) is 3.70. The van der Waals surface area contributed by atoms with E-state index in [4.69, 9.17) is 0 Å². The number of hydrogen-bond acceptors (Lipinski definition) is 3. The maximum Gasteiger partial charge on any atom is 0.433 e. The summed E-state index contributed by atoms with van der Waals surface area (Å²) < 4.78 is 49.6. The molecule has 26 heavy (non-hydrogen) atoms. The molecular formula is C19H25F3N2OS. The van der Waals surface area contributed by atoms with E-state index in [-0.39, 0.29) is 0 Å². The first-order chi connectivity index (χ1) is 12.3. The average Bonchev–Trinajstić information content (AvgIpc) is 2.61. The van der Waals surface area contributed by atoms with E-state index in [1.165, 1.54) is 12.6 Å². The van der Waals surface area contributed by atoms with Gasteiger partial charge in [-0.2, -0.15) is 13.2 Å². The van der Waals surface area contributed by atoms with E-state index < -0.39 is 22.7 Å². The smallest absolute Gasteiger partial charge is 0.300 e. The van der Waals surface area contributed by atoms with E-state index >= 15 is 0 Å². The quantitative estimate of drug-likeness (QED) is 0.771. The van der Waals surface area contributed by atoms with Crippen molar-refractivity contribution in [1.29, 1.82) is 0 Å². The molecule has 2 aliphatic heterocycles. The highest BCUT2D eigenvalue weighted by atomic mass is 32.2. The summed E-state index contributed by atoms with van der Waals surface area (Å²) in [5.41, 5.74) is 0.464.